The SMILES string of the molecule is CC1CCOC(C)(C)N1. The lowest BCUT2D eigenvalue weighted by Gasteiger charge is -2.35. The number of nitrogens with one attached hydrogen (secondary N) is 1. The first-order valence-corrected chi connectivity index (χ1v) is 3.52. The standard InChI is InChI=1S/C7H15NO/c1-6-4-5-9-7(2,3)8-6/h6,8H,4-5H2,1-3H3. The summed E-state index contributed by atoms with van der Waals surface area (Å²) in [4.78, 5) is 0. The summed E-state index contributed by atoms with van der Waals surface area (Å²) in [5.74, 6) is 0. The highest BCUT2D eigenvalue weighted by Gasteiger charge is 2.24. The highest BCUT2D eigenvalue weighted by molar-refractivity contribution is 4.75. The van der Waals surface area contributed by atoms with Gasteiger partial charge in [0.2, 0.25) is 0 Å². The molecule has 0 aromatic rings. The van der Waals surface area contributed by atoms with E-state index in [-0.39, 0.29) is 5.72 Å². The molecule has 1 fully saturated rings. The van der Waals surface area contributed by atoms with Crippen LogP contribution < -0.4 is 5.32 Å². The number of hydrogen-bond donors (Lipinski definition) is 1. The molecular weight excluding hydrogens is 114 g/mol. The van der Waals surface area contributed by atoms with Gasteiger partial charge in [-0.2, -0.15) is 0 Å². The second-order valence-electron chi connectivity index (χ2n) is 3.19. The Morgan fingerprint density at radius 1 is 1.56 bits per heavy atom. The van der Waals surface area contributed by atoms with E-state index in [0.29, 0.717) is 6.04 Å². The summed E-state index contributed by atoms with van der Waals surface area (Å²) >= 11 is 0. The normalized spacial score (nSPS) is 34.3. The Bertz CT molecular complexity index is 101. The minimum absolute atomic E-state index is 0.0995. The zero-order valence-electron chi connectivity index (χ0n) is 6.40. The summed E-state index contributed by atoms with van der Waals surface area (Å²) in [6.07, 6.45) is 1.13. The quantitative estimate of drug-likeness (QED) is 0.529. The molecule has 1 saturated heterocycles. The van der Waals surface area contributed by atoms with Gasteiger partial charge in [-0.1, -0.05) is 0 Å². The first kappa shape index (κ1) is 7.03. The van der Waals surface area contributed by atoms with Crippen LogP contribution in [0.25, 0.3) is 0 Å². The maximum atomic E-state index is 5.42. The first-order chi connectivity index (χ1) is 4.10. The van der Waals surface area contributed by atoms with E-state index < -0.39 is 0 Å². The average Bonchev–Trinajstić information content (AvgIpc) is 1.60. The van der Waals surface area contributed by atoms with Gasteiger partial charge in [0, 0.05) is 6.04 Å². The molecule has 0 radical (unpaired) electrons. The molecule has 0 spiro atoms. The lowest BCUT2D eigenvalue weighted by atomic mass is 10.1. The molecule has 1 atom stereocenters. The van der Waals surface area contributed by atoms with Crippen molar-refractivity contribution >= 4 is 0 Å². The van der Waals surface area contributed by atoms with Crippen molar-refractivity contribution in [2.75, 3.05) is 6.61 Å². The average molecular weight is 129 g/mol. The Labute approximate surface area is 56.6 Å². The fourth-order valence-electron chi connectivity index (χ4n) is 1.20. The zero-order chi connectivity index (χ0) is 6.91. The predicted octanol–water partition coefficient (Wildman–Crippen LogP) is 1.12. The fourth-order valence-corrected chi connectivity index (χ4v) is 1.20. The molecule has 1 unspecified atom stereocenters. The van der Waals surface area contributed by atoms with Crippen LogP contribution in [0.2, 0.25) is 0 Å². The molecule has 54 valence electrons. The van der Waals surface area contributed by atoms with Crippen molar-refractivity contribution in [2.24, 2.45) is 0 Å². The molecule has 0 bridgehead atoms. The van der Waals surface area contributed by atoms with E-state index in [4.69, 9.17) is 4.74 Å². The minimum atomic E-state index is -0.0995. The summed E-state index contributed by atoms with van der Waals surface area (Å²) in [5, 5.41) is 3.33. The molecule has 0 aromatic heterocycles. The van der Waals surface area contributed by atoms with Gasteiger partial charge >= 0.3 is 0 Å². The van der Waals surface area contributed by atoms with E-state index in [9.17, 15) is 0 Å². The van der Waals surface area contributed by atoms with Gasteiger partial charge in [-0.25, -0.2) is 0 Å². The molecule has 1 heterocycles. The molecule has 1 aliphatic heterocycles. The summed E-state index contributed by atoms with van der Waals surface area (Å²) in [6.45, 7) is 7.19. The van der Waals surface area contributed by atoms with Crippen molar-refractivity contribution in [3.05, 3.63) is 0 Å². The molecule has 1 rings (SSSR count). The van der Waals surface area contributed by atoms with Crippen LogP contribution in [0, 0.1) is 0 Å². The summed E-state index contributed by atoms with van der Waals surface area (Å²) < 4.78 is 5.42. The van der Waals surface area contributed by atoms with Crippen LogP contribution in [-0.2, 0) is 4.74 Å². The Morgan fingerprint density at radius 3 is 2.56 bits per heavy atom. The molecule has 0 saturated carbocycles. The Kier molecular flexibility index (Phi) is 1.78. The van der Waals surface area contributed by atoms with Crippen molar-refractivity contribution in [3.63, 3.8) is 0 Å². The maximum absolute atomic E-state index is 5.42. The van der Waals surface area contributed by atoms with Gasteiger partial charge in [0.1, 0.15) is 5.72 Å². The molecule has 1 aliphatic rings. The van der Waals surface area contributed by atoms with Crippen LogP contribution in [0.15, 0.2) is 0 Å². The van der Waals surface area contributed by atoms with E-state index in [1.807, 2.05) is 0 Å². The van der Waals surface area contributed by atoms with Crippen LogP contribution in [0.4, 0.5) is 0 Å². The van der Waals surface area contributed by atoms with Gasteiger partial charge < -0.3 is 4.74 Å². The zero-order valence-corrected chi connectivity index (χ0v) is 6.40. The molecule has 2 heteroatoms. The summed E-state index contributed by atoms with van der Waals surface area (Å²) in [7, 11) is 0. The fraction of sp³-hybridized carbons (Fsp3) is 1.00. The van der Waals surface area contributed by atoms with Crippen molar-refractivity contribution in [1.29, 1.82) is 0 Å². The number of hydrogen-bond acceptors (Lipinski definition) is 2. The van der Waals surface area contributed by atoms with Crippen LogP contribution in [0.1, 0.15) is 27.2 Å². The molecule has 0 aliphatic carbocycles. The Morgan fingerprint density at radius 2 is 2.22 bits per heavy atom. The monoisotopic (exact) mass is 129 g/mol. The highest BCUT2D eigenvalue weighted by Crippen LogP contribution is 2.13. The van der Waals surface area contributed by atoms with Gasteiger partial charge in [-0.15, -0.1) is 0 Å². The Hall–Kier alpha value is -0.0800. The van der Waals surface area contributed by atoms with E-state index >= 15 is 0 Å². The highest BCUT2D eigenvalue weighted by atomic mass is 16.5. The maximum Gasteiger partial charge on any atom is 0.113 e. The summed E-state index contributed by atoms with van der Waals surface area (Å²) in [6, 6.07) is 0.605. The lowest BCUT2D eigenvalue weighted by molar-refractivity contribution is -0.0818. The van der Waals surface area contributed by atoms with Crippen LogP contribution in [0.5, 0.6) is 0 Å². The van der Waals surface area contributed by atoms with E-state index in [0.717, 1.165) is 13.0 Å². The number of rotatable bonds is 0. The van der Waals surface area contributed by atoms with E-state index in [2.05, 4.69) is 26.1 Å². The summed E-state index contributed by atoms with van der Waals surface area (Å²) in [5.41, 5.74) is -0.0995. The molecule has 1 N–H and O–H groups in total. The van der Waals surface area contributed by atoms with Crippen molar-refractivity contribution in [3.8, 4) is 0 Å². The molecular formula is C7H15NO. The minimum Gasteiger partial charge on any atom is -0.361 e. The van der Waals surface area contributed by atoms with Gasteiger partial charge in [-0.3, -0.25) is 5.32 Å². The smallest absolute Gasteiger partial charge is 0.113 e. The van der Waals surface area contributed by atoms with E-state index in [1.54, 1.807) is 0 Å². The van der Waals surface area contributed by atoms with Gasteiger partial charge in [0.05, 0.1) is 6.61 Å². The molecule has 2 nitrogen and oxygen atoms in total. The Balaban J connectivity index is 2.41. The number of ether oxygens (including phenoxy) is 1. The van der Waals surface area contributed by atoms with E-state index in [1.165, 1.54) is 0 Å². The molecule has 0 aromatic carbocycles. The van der Waals surface area contributed by atoms with Crippen molar-refractivity contribution in [1.82, 2.24) is 5.32 Å². The van der Waals surface area contributed by atoms with Crippen LogP contribution in [0.3, 0.4) is 0 Å². The largest absolute Gasteiger partial charge is 0.361 e. The van der Waals surface area contributed by atoms with Crippen LogP contribution in [-0.4, -0.2) is 18.4 Å². The molecule has 0 amide bonds. The van der Waals surface area contributed by atoms with Crippen molar-refractivity contribution < 1.29 is 4.74 Å². The molecule has 9 heavy (non-hydrogen) atoms. The topological polar surface area (TPSA) is 21.3 Å². The second kappa shape index (κ2) is 2.27. The van der Waals surface area contributed by atoms with Gasteiger partial charge in [-0.05, 0) is 27.2 Å². The predicted molar refractivity (Wildman–Crippen MR) is 37.2 cm³/mol. The van der Waals surface area contributed by atoms with Crippen LogP contribution >= 0.6 is 0 Å². The third-order valence-corrected chi connectivity index (χ3v) is 1.61. The van der Waals surface area contributed by atoms with Crippen molar-refractivity contribution in [2.45, 2.75) is 39.0 Å². The van der Waals surface area contributed by atoms with Gasteiger partial charge in [0.15, 0.2) is 0 Å². The third-order valence-electron chi connectivity index (χ3n) is 1.61. The lowest BCUT2D eigenvalue weighted by Crippen LogP contribution is -2.51. The first-order valence-electron chi connectivity index (χ1n) is 3.52. The second-order valence-corrected chi connectivity index (χ2v) is 3.19. The third kappa shape index (κ3) is 1.95. The van der Waals surface area contributed by atoms with Gasteiger partial charge in [0.25, 0.3) is 0 Å².